The predicted octanol–water partition coefficient (Wildman–Crippen LogP) is 2.23. The van der Waals surface area contributed by atoms with Gasteiger partial charge in [-0.25, -0.2) is 4.39 Å². The van der Waals surface area contributed by atoms with Gasteiger partial charge in [-0.1, -0.05) is 12.1 Å². The first-order valence-electron chi connectivity index (χ1n) is 8.62. The fourth-order valence-electron chi connectivity index (χ4n) is 2.94. The number of carbonyl (C=O) groups is 1. The minimum absolute atomic E-state index is 0.0158. The number of aryl methyl sites for hydroxylation is 2. The summed E-state index contributed by atoms with van der Waals surface area (Å²) in [6.07, 6.45) is 1.75. The Morgan fingerprint density at radius 3 is 3.08 bits per heavy atom. The summed E-state index contributed by atoms with van der Waals surface area (Å²) >= 11 is 0. The number of amides is 1. The molecule has 7 heteroatoms. The maximum atomic E-state index is 13.3. The summed E-state index contributed by atoms with van der Waals surface area (Å²) < 4.78 is 18.5. The highest BCUT2D eigenvalue weighted by Crippen LogP contribution is 2.19. The third-order valence-corrected chi connectivity index (χ3v) is 4.62. The molecule has 0 radical (unpaired) electrons. The van der Waals surface area contributed by atoms with E-state index in [0.717, 1.165) is 19.5 Å². The second-order valence-electron chi connectivity index (χ2n) is 6.62. The molecule has 1 fully saturated rings. The molecule has 3 rings (SSSR count). The molecular weight excluding hydrogens is 323 g/mol. The molecule has 2 aromatic rings. The van der Waals surface area contributed by atoms with Crippen molar-refractivity contribution in [3.63, 3.8) is 0 Å². The van der Waals surface area contributed by atoms with Gasteiger partial charge in [-0.2, -0.15) is 4.98 Å². The molecule has 25 heavy (non-hydrogen) atoms. The van der Waals surface area contributed by atoms with Gasteiger partial charge in [0.1, 0.15) is 5.82 Å². The lowest BCUT2D eigenvalue weighted by molar-refractivity contribution is -0.122. The fourth-order valence-corrected chi connectivity index (χ4v) is 2.94. The molecule has 1 saturated heterocycles. The molecule has 1 amide bonds. The van der Waals surface area contributed by atoms with Crippen LogP contribution < -0.4 is 10.6 Å². The molecule has 1 aromatic heterocycles. The number of carbonyl (C=O) groups excluding carboxylic acids is 1. The van der Waals surface area contributed by atoms with Crippen molar-refractivity contribution in [3.05, 3.63) is 35.5 Å². The number of rotatable bonds is 5. The Morgan fingerprint density at radius 1 is 1.48 bits per heavy atom. The number of aromatic nitrogens is 2. The van der Waals surface area contributed by atoms with Crippen molar-refractivity contribution in [1.82, 2.24) is 20.8 Å². The highest BCUT2D eigenvalue weighted by molar-refractivity contribution is 5.76. The summed E-state index contributed by atoms with van der Waals surface area (Å²) in [5.74, 6) is 1.00. The minimum atomic E-state index is -0.268. The second kappa shape index (κ2) is 7.74. The smallest absolute Gasteiger partial charge is 0.227 e. The first kappa shape index (κ1) is 17.5. The maximum Gasteiger partial charge on any atom is 0.227 e. The van der Waals surface area contributed by atoms with Gasteiger partial charge >= 0.3 is 0 Å². The van der Waals surface area contributed by atoms with Crippen LogP contribution in [-0.4, -0.2) is 35.2 Å². The van der Waals surface area contributed by atoms with Crippen LogP contribution in [-0.2, 0) is 11.2 Å². The summed E-state index contributed by atoms with van der Waals surface area (Å²) in [4.78, 5) is 16.4. The largest absolute Gasteiger partial charge is 0.352 e. The SMILES string of the molecule is Cc1cc(-c2noc(CCC(=O)NC3CNCCC3C)n2)ccc1F. The molecule has 0 saturated carbocycles. The fraction of sp³-hybridized carbons (Fsp3) is 0.500. The van der Waals surface area contributed by atoms with E-state index in [9.17, 15) is 9.18 Å². The van der Waals surface area contributed by atoms with Crippen LogP contribution in [0, 0.1) is 18.7 Å². The zero-order valence-corrected chi connectivity index (χ0v) is 14.5. The summed E-state index contributed by atoms with van der Waals surface area (Å²) in [5.41, 5.74) is 1.22. The van der Waals surface area contributed by atoms with E-state index in [4.69, 9.17) is 4.52 Å². The molecule has 2 unspecified atom stereocenters. The van der Waals surface area contributed by atoms with Crippen molar-refractivity contribution in [2.75, 3.05) is 13.1 Å². The molecule has 2 N–H and O–H groups in total. The molecule has 1 aliphatic rings. The van der Waals surface area contributed by atoms with Crippen LogP contribution in [0.5, 0.6) is 0 Å². The molecule has 6 nitrogen and oxygen atoms in total. The minimum Gasteiger partial charge on any atom is -0.352 e. The van der Waals surface area contributed by atoms with Crippen LogP contribution in [0.1, 0.15) is 31.2 Å². The second-order valence-corrected chi connectivity index (χ2v) is 6.62. The van der Waals surface area contributed by atoms with Crippen molar-refractivity contribution in [1.29, 1.82) is 0 Å². The molecule has 0 spiro atoms. The van der Waals surface area contributed by atoms with E-state index in [1.54, 1.807) is 19.1 Å². The van der Waals surface area contributed by atoms with Gasteiger partial charge in [0.2, 0.25) is 17.6 Å². The van der Waals surface area contributed by atoms with E-state index in [2.05, 4.69) is 27.7 Å². The van der Waals surface area contributed by atoms with Crippen molar-refractivity contribution in [2.24, 2.45) is 5.92 Å². The van der Waals surface area contributed by atoms with Crippen molar-refractivity contribution in [3.8, 4) is 11.4 Å². The first-order valence-corrected chi connectivity index (χ1v) is 8.62. The summed E-state index contributed by atoms with van der Waals surface area (Å²) in [7, 11) is 0. The normalized spacial score (nSPS) is 20.4. The Hall–Kier alpha value is -2.28. The number of nitrogens with one attached hydrogen (secondary N) is 2. The molecule has 1 aliphatic heterocycles. The van der Waals surface area contributed by atoms with Gasteiger partial charge in [0, 0.05) is 31.0 Å². The summed E-state index contributed by atoms with van der Waals surface area (Å²) in [5, 5.41) is 10.3. The molecule has 0 bridgehead atoms. The van der Waals surface area contributed by atoms with E-state index < -0.39 is 0 Å². The zero-order chi connectivity index (χ0) is 17.8. The van der Waals surface area contributed by atoms with E-state index >= 15 is 0 Å². The lowest BCUT2D eigenvalue weighted by Crippen LogP contribution is -2.50. The van der Waals surface area contributed by atoms with E-state index in [1.165, 1.54) is 6.07 Å². The lowest BCUT2D eigenvalue weighted by atomic mass is 9.95. The van der Waals surface area contributed by atoms with E-state index in [0.29, 0.717) is 41.6 Å². The van der Waals surface area contributed by atoms with Crippen LogP contribution in [0.25, 0.3) is 11.4 Å². The van der Waals surface area contributed by atoms with Crippen LogP contribution in [0.3, 0.4) is 0 Å². The maximum absolute atomic E-state index is 13.3. The monoisotopic (exact) mass is 346 g/mol. The third kappa shape index (κ3) is 4.42. The Balaban J connectivity index is 1.54. The van der Waals surface area contributed by atoms with Crippen LogP contribution in [0.2, 0.25) is 0 Å². The van der Waals surface area contributed by atoms with Gasteiger partial charge in [0.25, 0.3) is 0 Å². The standard InChI is InChI=1S/C18H23FN4O2/c1-11-7-8-20-10-15(11)21-16(24)5-6-17-22-18(23-25-17)13-3-4-14(19)12(2)9-13/h3-4,9,11,15,20H,5-8,10H2,1-2H3,(H,21,24). The molecule has 2 heterocycles. The molecular formula is C18H23FN4O2. The topological polar surface area (TPSA) is 80.0 Å². The third-order valence-electron chi connectivity index (χ3n) is 4.62. The lowest BCUT2D eigenvalue weighted by Gasteiger charge is -2.30. The van der Waals surface area contributed by atoms with Crippen LogP contribution in [0.4, 0.5) is 4.39 Å². The van der Waals surface area contributed by atoms with E-state index in [-0.39, 0.29) is 17.8 Å². The Labute approximate surface area is 146 Å². The highest BCUT2D eigenvalue weighted by Gasteiger charge is 2.22. The highest BCUT2D eigenvalue weighted by atomic mass is 19.1. The van der Waals surface area contributed by atoms with Gasteiger partial charge in [-0.3, -0.25) is 4.79 Å². The first-order chi connectivity index (χ1) is 12.0. The Bertz CT molecular complexity index is 746. The van der Waals surface area contributed by atoms with Crippen molar-refractivity contribution in [2.45, 2.75) is 39.2 Å². The summed E-state index contributed by atoms with van der Waals surface area (Å²) in [6, 6.07) is 4.84. The average Bonchev–Trinajstić information content (AvgIpc) is 3.07. The van der Waals surface area contributed by atoms with Crippen molar-refractivity contribution >= 4 is 5.91 Å². The Morgan fingerprint density at radius 2 is 2.32 bits per heavy atom. The number of halogens is 1. The van der Waals surface area contributed by atoms with Gasteiger partial charge < -0.3 is 15.2 Å². The van der Waals surface area contributed by atoms with Gasteiger partial charge in [0.05, 0.1) is 0 Å². The molecule has 134 valence electrons. The number of hydrogen-bond acceptors (Lipinski definition) is 5. The van der Waals surface area contributed by atoms with E-state index in [1.807, 2.05) is 0 Å². The number of piperidine rings is 1. The molecule has 2 atom stereocenters. The van der Waals surface area contributed by atoms with Crippen LogP contribution >= 0.6 is 0 Å². The number of nitrogens with zero attached hydrogens (tertiary/aromatic N) is 2. The van der Waals surface area contributed by atoms with Gasteiger partial charge in [-0.05, 0) is 49.6 Å². The number of benzene rings is 1. The Kier molecular flexibility index (Phi) is 5.43. The average molecular weight is 346 g/mol. The van der Waals surface area contributed by atoms with Gasteiger partial charge in [0.15, 0.2) is 0 Å². The molecule has 0 aliphatic carbocycles. The van der Waals surface area contributed by atoms with Crippen LogP contribution in [0.15, 0.2) is 22.7 Å². The zero-order valence-electron chi connectivity index (χ0n) is 14.5. The molecule has 1 aromatic carbocycles. The predicted molar refractivity (Wildman–Crippen MR) is 91.3 cm³/mol. The number of hydrogen-bond donors (Lipinski definition) is 2. The summed E-state index contributed by atoms with van der Waals surface area (Å²) in [6.45, 7) is 5.65. The van der Waals surface area contributed by atoms with Crippen molar-refractivity contribution < 1.29 is 13.7 Å². The van der Waals surface area contributed by atoms with Gasteiger partial charge in [-0.15, -0.1) is 0 Å². The quantitative estimate of drug-likeness (QED) is 0.868.